The standard InChI is InChI=1S/C13H18N2O5/c1-3-13(11(17)18)5-6-15(8-13)12-14-9(7-20-12)10(16)19-4-2/h7H,3-6,8H2,1-2H3,(H,17,18). The van der Waals surface area contributed by atoms with Crippen LogP contribution in [0.1, 0.15) is 37.2 Å². The van der Waals surface area contributed by atoms with E-state index in [0.29, 0.717) is 25.9 Å². The van der Waals surface area contributed by atoms with Crippen LogP contribution in [0.15, 0.2) is 10.7 Å². The van der Waals surface area contributed by atoms with Crippen molar-refractivity contribution in [2.24, 2.45) is 5.41 Å². The number of carboxylic acid groups (broad SMARTS) is 1. The van der Waals surface area contributed by atoms with E-state index in [2.05, 4.69) is 4.98 Å². The highest BCUT2D eigenvalue weighted by Crippen LogP contribution is 2.36. The fraction of sp³-hybridized carbons (Fsp3) is 0.615. The molecule has 1 aromatic rings. The molecule has 1 aliphatic heterocycles. The summed E-state index contributed by atoms with van der Waals surface area (Å²) in [5.41, 5.74) is -0.662. The van der Waals surface area contributed by atoms with Crippen LogP contribution in [0.3, 0.4) is 0 Å². The van der Waals surface area contributed by atoms with Crippen LogP contribution in [0, 0.1) is 5.41 Å². The minimum absolute atomic E-state index is 0.103. The van der Waals surface area contributed by atoms with Crippen molar-refractivity contribution in [1.29, 1.82) is 0 Å². The van der Waals surface area contributed by atoms with E-state index < -0.39 is 17.4 Å². The fourth-order valence-corrected chi connectivity index (χ4v) is 2.36. The molecule has 0 bridgehead atoms. The van der Waals surface area contributed by atoms with Gasteiger partial charge in [0.1, 0.15) is 6.26 Å². The molecular formula is C13H18N2O5. The Morgan fingerprint density at radius 3 is 2.85 bits per heavy atom. The highest BCUT2D eigenvalue weighted by molar-refractivity contribution is 5.87. The predicted octanol–water partition coefficient (Wildman–Crippen LogP) is 1.54. The number of ether oxygens (including phenoxy) is 1. The number of carbonyl (C=O) groups excluding carboxylic acids is 1. The second kappa shape index (κ2) is 5.52. The van der Waals surface area contributed by atoms with Crippen molar-refractivity contribution in [3.05, 3.63) is 12.0 Å². The van der Waals surface area contributed by atoms with Gasteiger partial charge in [0.15, 0.2) is 5.69 Å². The van der Waals surface area contributed by atoms with E-state index in [1.807, 2.05) is 6.92 Å². The lowest BCUT2D eigenvalue weighted by atomic mass is 9.84. The molecule has 1 saturated heterocycles. The summed E-state index contributed by atoms with van der Waals surface area (Å²) >= 11 is 0. The Morgan fingerprint density at radius 2 is 2.30 bits per heavy atom. The molecule has 0 aromatic carbocycles. The van der Waals surface area contributed by atoms with Crippen molar-refractivity contribution in [3.63, 3.8) is 0 Å². The topological polar surface area (TPSA) is 92.9 Å². The number of aliphatic carboxylic acids is 1. The average molecular weight is 282 g/mol. The van der Waals surface area contributed by atoms with Gasteiger partial charge in [-0.3, -0.25) is 4.79 Å². The van der Waals surface area contributed by atoms with Crippen LogP contribution in [-0.2, 0) is 9.53 Å². The number of nitrogens with zero attached hydrogens (tertiary/aromatic N) is 2. The average Bonchev–Trinajstić information content (AvgIpc) is 3.06. The van der Waals surface area contributed by atoms with Crippen molar-refractivity contribution < 1.29 is 23.8 Å². The zero-order valence-electron chi connectivity index (χ0n) is 11.6. The van der Waals surface area contributed by atoms with Gasteiger partial charge >= 0.3 is 11.9 Å². The monoisotopic (exact) mass is 282 g/mol. The van der Waals surface area contributed by atoms with Gasteiger partial charge in [0.25, 0.3) is 6.01 Å². The molecule has 0 aliphatic carbocycles. The van der Waals surface area contributed by atoms with Crippen molar-refractivity contribution in [2.45, 2.75) is 26.7 Å². The summed E-state index contributed by atoms with van der Waals surface area (Å²) in [4.78, 5) is 28.7. The van der Waals surface area contributed by atoms with E-state index in [0.717, 1.165) is 0 Å². The number of carbonyl (C=O) groups is 2. The number of oxazole rings is 1. The Balaban J connectivity index is 2.11. The molecule has 110 valence electrons. The van der Waals surface area contributed by atoms with Crippen LogP contribution in [-0.4, -0.2) is 41.7 Å². The van der Waals surface area contributed by atoms with Crippen LogP contribution < -0.4 is 4.90 Å². The van der Waals surface area contributed by atoms with E-state index in [1.54, 1.807) is 11.8 Å². The van der Waals surface area contributed by atoms with Gasteiger partial charge in [0, 0.05) is 13.1 Å². The molecule has 7 nitrogen and oxygen atoms in total. The molecule has 0 amide bonds. The number of esters is 1. The Labute approximate surface area is 116 Å². The summed E-state index contributed by atoms with van der Waals surface area (Å²) in [5, 5.41) is 9.34. The lowest BCUT2D eigenvalue weighted by Gasteiger charge is -2.22. The van der Waals surface area contributed by atoms with Crippen LogP contribution in [0.4, 0.5) is 6.01 Å². The largest absolute Gasteiger partial charge is 0.481 e. The minimum Gasteiger partial charge on any atom is -0.481 e. The van der Waals surface area contributed by atoms with Crippen LogP contribution in [0.25, 0.3) is 0 Å². The Bertz CT molecular complexity index is 513. The van der Waals surface area contributed by atoms with Gasteiger partial charge in [-0.2, -0.15) is 4.98 Å². The van der Waals surface area contributed by atoms with E-state index in [9.17, 15) is 14.7 Å². The smallest absolute Gasteiger partial charge is 0.360 e. The molecule has 1 unspecified atom stereocenters. The van der Waals surface area contributed by atoms with Crippen LogP contribution >= 0.6 is 0 Å². The van der Waals surface area contributed by atoms with Crippen molar-refractivity contribution in [3.8, 4) is 0 Å². The van der Waals surface area contributed by atoms with Gasteiger partial charge in [0.2, 0.25) is 0 Å². The van der Waals surface area contributed by atoms with E-state index in [-0.39, 0.29) is 18.3 Å². The Hall–Kier alpha value is -2.05. The Morgan fingerprint density at radius 1 is 1.55 bits per heavy atom. The van der Waals surface area contributed by atoms with Gasteiger partial charge in [-0.1, -0.05) is 6.92 Å². The molecule has 1 aliphatic rings. The summed E-state index contributed by atoms with van der Waals surface area (Å²) < 4.78 is 10.1. The van der Waals surface area contributed by atoms with Crippen molar-refractivity contribution in [1.82, 2.24) is 4.98 Å². The first-order chi connectivity index (χ1) is 9.52. The zero-order valence-corrected chi connectivity index (χ0v) is 11.6. The molecule has 1 atom stereocenters. The van der Waals surface area contributed by atoms with Crippen molar-refractivity contribution >= 4 is 18.0 Å². The summed E-state index contributed by atoms with van der Waals surface area (Å²) in [6, 6.07) is 0.268. The molecule has 0 spiro atoms. The van der Waals surface area contributed by atoms with E-state index in [1.165, 1.54) is 6.26 Å². The maximum Gasteiger partial charge on any atom is 0.360 e. The molecule has 0 saturated carbocycles. The molecule has 20 heavy (non-hydrogen) atoms. The third-order valence-electron chi connectivity index (χ3n) is 3.73. The number of aromatic nitrogens is 1. The highest BCUT2D eigenvalue weighted by Gasteiger charge is 2.44. The summed E-state index contributed by atoms with van der Waals surface area (Å²) in [7, 11) is 0. The van der Waals surface area contributed by atoms with Crippen molar-refractivity contribution in [2.75, 3.05) is 24.6 Å². The molecule has 0 radical (unpaired) electrons. The second-order valence-corrected chi connectivity index (χ2v) is 4.85. The molecule has 2 rings (SSSR count). The SMILES string of the molecule is CCOC(=O)c1coc(N2CCC(CC)(C(=O)O)C2)n1. The summed E-state index contributed by atoms with van der Waals surface area (Å²) in [5.74, 6) is -1.35. The molecule has 1 N–H and O–H groups in total. The van der Waals surface area contributed by atoms with Gasteiger partial charge in [-0.25, -0.2) is 4.79 Å². The molecule has 1 aromatic heterocycles. The second-order valence-electron chi connectivity index (χ2n) is 4.85. The molecule has 2 heterocycles. The number of rotatable bonds is 5. The highest BCUT2D eigenvalue weighted by atomic mass is 16.5. The number of hydrogen-bond donors (Lipinski definition) is 1. The predicted molar refractivity (Wildman–Crippen MR) is 69.6 cm³/mol. The lowest BCUT2D eigenvalue weighted by molar-refractivity contribution is -0.147. The lowest BCUT2D eigenvalue weighted by Crippen LogP contribution is -2.34. The first-order valence-electron chi connectivity index (χ1n) is 6.63. The maximum absolute atomic E-state index is 11.5. The van der Waals surface area contributed by atoms with Gasteiger partial charge in [-0.05, 0) is 19.8 Å². The Kier molecular flexibility index (Phi) is 3.96. The molecular weight excluding hydrogens is 264 g/mol. The van der Waals surface area contributed by atoms with Crippen LogP contribution in [0.5, 0.6) is 0 Å². The number of anilines is 1. The molecule has 1 fully saturated rings. The maximum atomic E-state index is 11.5. The van der Waals surface area contributed by atoms with Crippen LogP contribution in [0.2, 0.25) is 0 Å². The first-order valence-corrected chi connectivity index (χ1v) is 6.63. The van der Waals surface area contributed by atoms with Gasteiger partial charge < -0.3 is 19.2 Å². The molecule has 7 heteroatoms. The third kappa shape index (κ3) is 2.48. The minimum atomic E-state index is -0.806. The van der Waals surface area contributed by atoms with Gasteiger partial charge in [0.05, 0.1) is 12.0 Å². The quantitative estimate of drug-likeness (QED) is 0.819. The zero-order chi connectivity index (χ0) is 14.8. The third-order valence-corrected chi connectivity index (χ3v) is 3.73. The normalized spacial score (nSPS) is 22.0. The number of carboxylic acids is 1. The summed E-state index contributed by atoms with van der Waals surface area (Å²) in [6.45, 7) is 4.71. The van der Waals surface area contributed by atoms with Gasteiger partial charge in [-0.15, -0.1) is 0 Å². The first kappa shape index (κ1) is 14.4. The van der Waals surface area contributed by atoms with E-state index in [4.69, 9.17) is 9.15 Å². The number of hydrogen-bond acceptors (Lipinski definition) is 6. The van der Waals surface area contributed by atoms with E-state index >= 15 is 0 Å². The summed E-state index contributed by atoms with van der Waals surface area (Å²) in [6.07, 6.45) is 2.32. The fourth-order valence-electron chi connectivity index (χ4n) is 2.36.